The molecule has 1 N–H and O–H groups in total. The summed E-state index contributed by atoms with van der Waals surface area (Å²) < 4.78 is 5.13. The van der Waals surface area contributed by atoms with Crippen LogP contribution in [-0.2, 0) is 4.74 Å². The summed E-state index contributed by atoms with van der Waals surface area (Å²) in [6, 6.07) is 7.92. The summed E-state index contributed by atoms with van der Waals surface area (Å²) in [6.07, 6.45) is 0.0127. The third-order valence-electron chi connectivity index (χ3n) is 2.71. The maximum Gasteiger partial charge on any atom is 0.254 e. The highest BCUT2D eigenvalue weighted by Crippen LogP contribution is 2.28. The van der Waals surface area contributed by atoms with Crippen LogP contribution < -0.4 is 5.56 Å². The zero-order valence-corrected chi connectivity index (χ0v) is 8.41. The fourth-order valence-corrected chi connectivity index (χ4v) is 1.81. The van der Waals surface area contributed by atoms with Crippen LogP contribution in [0.3, 0.4) is 0 Å². The Bertz CT molecular complexity index is 582. The Balaban J connectivity index is 2.30. The molecular weight excluding hydrogens is 190 g/mol. The summed E-state index contributed by atoms with van der Waals surface area (Å²) in [4.78, 5) is 14.5. The van der Waals surface area contributed by atoms with E-state index in [0.717, 1.165) is 16.5 Å². The SMILES string of the molecule is Cc1ccc2[nH]c(=O)c(C3CO3)cc2c1. The molecule has 3 rings (SSSR count). The van der Waals surface area contributed by atoms with E-state index in [-0.39, 0.29) is 11.7 Å². The van der Waals surface area contributed by atoms with Crippen LogP contribution in [0, 0.1) is 6.92 Å². The normalized spacial score (nSPS) is 19.4. The number of benzene rings is 1. The number of rotatable bonds is 1. The minimum Gasteiger partial charge on any atom is -0.368 e. The van der Waals surface area contributed by atoms with Gasteiger partial charge in [-0.1, -0.05) is 11.6 Å². The third-order valence-corrected chi connectivity index (χ3v) is 2.71. The molecule has 1 fully saturated rings. The second-order valence-corrected chi connectivity index (χ2v) is 3.97. The second kappa shape index (κ2) is 2.94. The smallest absolute Gasteiger partial charge is 0.254 e. The molecule has 0 saturated carbocycles. The van der Waals surface area contributed by atoms with Crippen LogP contribution >= 0.6 is 0 Å². The van der Waals surface area contributed by atoms with Gasteiger partial charge in [-0.05, 0) is 30.5 Å². The highest BCUT2D eigenvalue weighted by atomic mass is 16.6. The molecule has 0 spiro atoms. The van der Waals surface area contributed by atoms with Crippen LogP contribution in [0.5, 0.6) is 0 Å². The number of H-pyrrole nitrogens is 1. The molecule has 0 aliphatic carbocycles. The summed E-state index contributed by atoms with van der Waals surface area (Å²) in [5, 5.41) is 1.07. The van der Waals surface area contributed by atoms with E-state index in [1.54, 1.807) is 0 Å². The predicted molar refractivity (Wildman–Crippen MR) is 58.0 cm³/mol. The lowest BCUT2D eigenvalue weighted by Gasteiger charge is -2.01. The number of hydrogen-bond acceptors (Lipinski definition) is 2. The van der Waals surface area contributed by atoms with Crippen molar-refractivity contribution in [3.05, 3.63) is 45.7 Å². The van der Waals surface area contributed by atoms with E-state index >= 15 is 0 Å². The molecule has 1 aliphatic rings. The van der Waals surface area contributed by atoms with Gasteiger partial charge in [0.2, 0.25) is 0 Å². The topological polar surface area (TPSA) is 45.4 Å². The summed E-state index contributed by atoms with van der Waals surface area (Å²) in [5.41, 5.74) is 2.79. The largest absolute Gasteiger partial charge is 0.368 e. The molecule has 76 valence electrons. The van der Waals surface area contributed by atoms with Crippen molar-refractivity contribution in [1.82, 2.24) is 4.98 Å². The Morgan fingerprint density at radius 2 is 2.20 bits per heavy atom. The predicted octanol–water partition coefficient (Wildman–Crippen LogP) is 1.91. The van der Waals surface area contributed by atoms with Gasteiger partial charge >= 0.3 is 0 Å². The van der Waals surface area contributed by atoms with Gasteiger partial charge in [0.1, 0.15) is 6.10 Å². The molecule has 1 saturated heterocycles. The van der Waals surface area contributed by atoms with Crippen LogP contribution in [0.4, 0.5) is 0 Å². The van der Waals surface area contributed by atoms with E-state index in [0.29, 0.717) is 6.61 Å². The Labute approximate surface area is 86.7 Å². The summed E-state index contributed by atoms with van der Waals surface area (Å²) in [6.45, 7) is 2.71. The minimum absolute atomic E-state index is 0.0127. The quantitative estimate of drug-likeness (QED) is 0.716. The number of pyridine rings is 1. The van der Waals surface area contributed by atoms with Crippen molar-refractivity contribution in [2.24, 2.45) is 0 Å². The van der Waals surface area contributed by atoms with Crippen molar-refractivity contribution in [3.8, 4) is 0 Å². The number of aryl methyl sites for hydroxylation is 1. The van der Waals surface area contributed by atoms with Crippen LogP contribution in [0.25, 0.3) is 10.9 Å². The van der Waals surface area contributed by atoms with Crippen molar-refractivity contribution in [2.45, 2.75) is 13.0 Å². The van der Waals surface area contributed by atoms with E-state index < -0.39 is 0 Å². The molecule has 3 nitrogen and oxygen atoms in total. The third kappa shape index (κ3) is 1.45. The first-order chi connectivity index (χ1) is 7.24. The van der Waals surface area contributed by atoms with Gasteiger partial charge in [0.25, 0.3) is 5.56 Å². The van der Waals surface area contributed by atoms with Crippen LogP contribution in [0.2, 0.25) is 0 Å². The number of epoxide rings is 1. The molecule has 3 heteroatoms. The Morgan fingerprint density at radius 1 is 1.40 bits per heavy atom. The van der Waals surface area contributed by atoms with Gasteiger partial charge in [-0.15, -0.1) is 0 Å². The fourth-order valence-electron chi connectivity index (χ4n) is 1.81. The minimum atomic E-state index is -0.0335. The first-order valence-electron chi connectivity index (χ1n) is 4.99. The highest BCUT2D eigenvalue weighted by Gasteiger charge is 2.27. The average molecular weight is 201 g/mol. The van der Waals surface area contributed by atoms with E-state index in [9.17, 15) is 4.79 Å². The molecule has 1 unspecified atom stereocenters. The zero-order valence-electron chi connectivity index (χ0n) is 8.41. The lowest BCUT2D eigenvalue weighted by molar-refractivity contribution is 0.414. The Kier molecular flexibility index (Phi) is 1.70. The van der Waals surface area contributed by atoms with E-state index in [1.165, 1.54) is 5.56 Å². The van der Waals surface area contributed by atoms with Gasteiger partial charge in [0, 0.05) is 11.1 Å². The number of fused-ring (bicyclic) bond motifs is 1. The fraction of sp³-hybridized carbons (Fsp3) is 0.250. The van der Waals surface area contributed by atoms with Crippen LogP contribution in [-0.4, -0.2) is 11.6 Å². The number of aromatic nitrogens is 1. The molecule has 15 heavy (non-hydrogen) atoms. The molecule has 1 atom stereocenters. The van der Waals surface area contributed by atoms with Crippen molar-refractivity contribution in [2.75, 3.05) is 6.61 Å². The molecule has 2 heterocycles. The molecular formula is C12H11NO2. The standard InChI is InChI=1S/C12H11NO2/c1-7-2-3-10-8(4-7)5-9(11-6-15-11)12(14)13-10/h2-5,11H,6H2,1H3,(H,13,14). The summed E-state index contributed by atoms with van der Waals surface area (Å²) in [5.74, 6) is 0. The van der Waals surface area contributed by atoms with Gasteiger partial charge in [0.05, 0.1) is 6.61 Å². The van der Waals surface area contributed by atoms with E-state index in [2.05, 4.69) is 11.1 Å². The molecule has 0 bridgehead atoms. The van der Waals surface area contributed by atoms with Crippen molar-refractivity contribution in [3.63, 3.8) is 0 Å². The second-order valence-electron chi connectivity index (χ2n) is 3.97. The average Bonchev–Trinajstić information content (AvgIpc) is 3.01. The maximum absolute atomic E-state index is 11.7. The Hall–Kier alpha value is -1.61. The highest BCUT2D eigenvalue weighted by molar-refractivity contribution is 5.79. The Morgan fingerprint density at radius 3 is 2.93 bits per heavy atom. The van der Waals surface area contributed by atoms with E-state index in [4.69, 9.17) is 4.74 Å². The van der Waals surface area contributed by atoms with E-state index in [1.807, 2.05) is 25.1 Å². The summed E-state index contributed by atoms with van der Waals surface area (Å²) >= 11 is 0. The van der Waals surface area contributed by atoms with Gasteiger partial charge in [0.15, 0.2) is 0 Å². The molecule has 2 aromatic rings. The number of ether oxygens (including phenoxy) is 1. The number of hydrogen-bond donors (Lipinski definition) is 1. The number of nitrogens with one attached hydrogen (secondary N) is 1. The molecule has 1 aromatic carbocycles. The van der Waals surface area contributed by atoms with Gasteiger partial charge in [-0.3, -0.25) is 4.79 Å². The summed E-state index contributed by atoms with van der Waals surface area (Å²) in [7, 11) is 0. The first-order valence-corrected chi connectivity index (χ1v) is 4.99. The van der Waals surface area contributed by atoms with Crippen molar-refractivity contribution < 1.29 is 4.74 Å². The molecule has 0 radical (unpaired) electrons. The van der Waals surface area contributed by atoms with Gasteiger partial charge in [-0.2, -0.15) is 0 Å². The van der Waals surface area contributed by atoms with Crippen LogP contribution in [0.1, 0.15) is 17.2 Å². The first kappa shape index (κ1) is 8.68. The van der Waals surface area contributed by atoms with Crippen LogP contribution in [0.15, 0.2) is 29.1 Å². The number of aromatic amines is 1. The zero-order chi connectivity index (χ0) is 10.4. The van der Waals surface area contributed by atoms with Gasteiger partial charge < -0.3 is 9.72 Å². The molecule has 1 aromatic heterocycles. The van der Waals surface area contributed by atoms with Gasteiger partial charge in [-0.25, -0.2) is 0 Å². The van der Waals surface area contributed by atoms with Crippen molar-refractivity contribution >= 4 is 10.9 Å². The van der Waals surface area contributed by atoms with Crippen molar-refractivity contribution in [1.29, 1.82) is 0 Å². The maximum atomic E-state index is 11.7. The lowest BCUT2D eigenvalue weighted by Crippen LogP contribution is -2.11. The molecule has 1 aliphatic heterocycles. The monoisotopic (exact) mass is 201 g/mol. The lowest BCUT2D eigenvalue weighted by atomic mass is 10.1. The molecule has 0 amide bonds.